The molecule has 0 aliphatic heterocycles. The highest BCUT2D eigenvalue weighted by molar-refractivity contribution is 9.10. The number of benzene rings is 1. The topological polar surface area (TPSA) is 68.5 Å². The van der Waals surface area contributed by atoms with Gasteiger partial charge in [0.15, 0.2) is 10.4 Å². The fourth-order valence-corrected chi connectivity index (χ4v) is 3.86. The first-order valence-electron chi connectivity index (χ1n) is 7.45. The van der Waals surface area contributed by atoms with Crippen molar-refractivity contribution < 1.29 is 23.1 Å². The fraction of sp³-hybridized carbons (Fsp3) is 0.111. The molecule has 1 aromatic carbocycles. The van der Waals surface area contributed by atoms with Crippen molar-refractivity contribution in [3.05, 3.63) is 63.1 Å². The van der Waals surface area contributed by atoms with E-state index < -0.39 is 11.9 Å². The summed E-state index contributed by atoms with van der Waals surface area (Å²) in [6.07, 6.45) is 0. The third-order valence-corrected chi connectivity index (χ3v) is 5.08. The highest BCUT2D eigenvalue weighted by Gasteiger charge is 2.26. The van der Waals surface area contributed by atoms with Crippen molar-refractivity contribution in [2.75, 3.05) is 12.4 Å². The molecule has 0 fully saturated rings. The minimum atomic E-state index is -0.593. The number of ether oxygens (including phenoxy) is 1. The number of rotatable bonds is 4. The van der Waals surface area contributed by atoms with E-state index in [2.05, 4.69) is 21.2 Å². The maximum Gasteiger partial charge on any atom is 0.341 e. The van der Waals surface area contributed by atoms with Gasteiger partial charge >= 0.3 is 5.97 Å². The Hall–Kier alpha value is -2.45. The van der Waals surface area contributed by atoms with E-state index in [4.69, 9.17) is 9.15 Å². The Morgan fingerprint density at radius 1 is 1.19 bits per heavy atom. The molecule has 0 aliphatic carbocycles. The predicted octanol–water partition coefficient (Wildman–Crippen LogP) is 5.26. The summed E-state index contributed by atoms with van der Waals surface area (Å²) in [4.78, 5) is 25.5. The summed E-state index contributed by atoms with van der Waals surface area (Å²) >= 11 is 4.37. The predicted molar refractivity (Wildman–Crippen MR) is 100 cm³/mol. The summed E-state index contributed by atoms with van der Waals surface area (Å²) < 4.78 is 23.8. The molecule has 1 N–H and O–H groups in total. The van der Waals surface area contributed by atoms with E-state index in [0.29, 0.717) is 20.8 Å². The number of anilines is 1. The van der Waals surface area contributed by atoms with Gasteiger partial charge in [-0.25, -0.2) is 9.18 Å². The van der Waals surface area contributed by atoms with Gasteiger partial charge in [0.05, 0.1) is 7.11 Å². The molecule has 0 spiro atoms. The molecular weight excluding hydrogens is 425 g/mol. The van der Waals surface area contributed by atoms with E-state index in [1.807, 2.05) is 6.92 Å². The van der Waals surface area contributed by atoms with Crippen molar-refractivity contribution >= 4 is 44.1 Å². The number of esters is 1. The summed E-state index contributed by atoms with van der Waals surface area (Å²) in [5.41, 5.74) is 1.47. The third-order valence-electron chi connectivity index (χ3n) is 3.63. The van der Waals surface area contributed by atoms with Crippen LogP contribution in [0.4, 0.5) is 9.39 Å². The number of methoxy groups -OCH3 is 1. The van der Waals surface area contributed by atoms with Gasteiger partial charge in [-0.2, -0.15) is 0 Å². The third kappa shape index (κ3) is 3.56. The first kappa shape index (κ1) is 18.3. The van der Waals surface area contributed by atoms with Gasteiger partial charge in [0.2, 0.25) is 0 Å². The molecule has 1 amide bonds. The van der Waals surface area contributed by atoms with Crippen LogP contribution in [0.25, 0.3) is 11.1 Å². The van der Waals surface area contributed by atoms with Crippen LogP contribution in [0.5, 0.6) is 0 Å². The molecule has 0 radical (unpaired) electrons. The molecule has 0 saturated carbocycles. The Bertz CT molecular complexity index is 978. The molecule has 26 heavy (non-hydrogen) atoms. The minimum absolute atomic E-state index is 0.0991. The van der Waals surface area contributed by atoms with Gasteiger partial charge in [-0.15, -0.1) is 11.3 Å². The second-order valence-corrected chi connectivity index (χ2v) is 7.30. The number of carbonyl (C=O) groups is 2. The standard InChI is InChI=1S/C18H13BrFNO4S/c1-9-14(10-3-5-11(20)6-4-10)15(18(23)24-2)17(26-9)21-16(22)12-7-8-13(19)25-12/h3-8H,1-2H3,(H,21,22). The molecule has 0 unspecified atom stereocenters. The van der Waals surface area contributed by atoms with Crippen molar-refractivity contribution in [3.63, 3.8) is 0 Å². The molecule has 0 bridgehead atoms. The van der Waals surface area contributed by atoms with E-state index in [-0.39, 0.29) is 17.1 Å². The van der Waals surface area contributed by atoms with Crippen LogP contribution >= 0.6 is 27.3 Å². The largest absolute Gasteiger partial charge is 0.465 e. The number of carbonyl (C=O) groups excluding carboxylic acids is 2. The first-order chi connectivity index (χ1) is 12.4. The average Bonchev–Trinajstić information content (AvgIpc) is 3.18. The van der Waals surface area contributed by atoms with Crippen molar-refractivity contribution in [2.24, 2.45) is 0 Å². The summed E-state index contributed by atoms with van der Waals surface area (Å²) in [5, 5.41) is 3.03. The van der Waals surface area contributed by atoms with Crippen molar-refractivity contribution in [1.82, 2.24) is 0 Å². The molecule has 2 heterocycles. The molecule has 0 atom stereocenters. The zero-order valence-corrected chi connectivity index (χ0v) is 16.2. The lowest BCUT2D eigenvalue weighted by molar-refractivity contribution is 0.0603. The average molecular weight is 438 g/mol. The van der Waals surface area contributed by atoms with Crippen molar-refractivity contribution in [3.8, 4) is 11.1 Å². The monoisotopic (exact) mass is 437 g/mol. The van der Waals surface area contributed by atoms with Gasteiger partial charge in [-0.3, -0.25) is 4.79 Å². The number of halogens is 2. The van der Waals surface area contributed by atoms with Gasteiger partial charge in [-0.1, -0.05) is 12.1 Å². The van der Waals surface area contributed by atoms with Crippen molar-refractivity contribution in [2.45, 2.75) is 6.92 Å². The van der Waals surface area contributed by atoms with Gasteiger partial charge < -0.3 is 14.5 Å². The van der Waals surface area contributed by atoms with E-state index in [9.17, 15) is 14.0 Å². The quantitative estimate of drug-likeness (QED) is 0.565. The Morgan fingerprint density at radius 3 is 2.46 bits per heavy atom. The van der Waals surface area contributed by atoms with E-state index in [0.717, 1.165) is 4.88 Å². The first-order valence-corrected chi connectivity index (χ1v) is 9.06. The van der Waals surface area contributed by atoms with Crippen LogP contribution in [-0.4, -0.2) is 19.0 Å². The normalized spacial score (nSPS) is 10.6. The Balaban J connectivity index is 2.05. The second-order valence-electron chi connectivity index (χ2n) is 5.29. The minimum Gasteiger partial charge on any atom is -0.465 e. The second kappa shape index (κ2) is 7.43. The summed E-state index contributed by atoms with van der Waals surface area (Å²) in [6.45, 7) is 1.81. The maximum atomic E-state index is 13.2. The molecule has 0 saturated heterocycles. The number of furan rings is 1. The maximum absolute atomic E-state index is 13.2. The SMILES string of the molecule is COC(=O)c1c(NC(=O)c2ccc(Br)o2)sc(C)c1-c1ccc(F)cc1. The molecule has 5 nitrogen and oxygen atoms in total. The van der Waals surface area contributed by atoms with Crippen molar-refractivity contribution in [1.29, 1.82) is 0 Å². The molecule has 2 aromatic heterocycles. The van der Waals surface area contributed by atoms with Crippen LogP contribution in [0.1, 0.15) is 25.8 Å². The zero-order valence-electron chi connectivity index (χ0n) is 13.8. The fourth-order valence-electron chi connectivity index (χ4n) is 2.49. The number of nitrogens with one attached hydrogen (secondary N) is 1. The molecule has 134 valence electrons. The van der Waals surface area contributed by atoms with Crippen LogP contribution in [0, 0.1) is 12.7 Å². The number of thiophene rings is 1. The van der Waals surface area contributed by atoms with Gasteiger partial charge in [0, 0.05) is 10.4 Å². The number of aryl methyl sites for hydroxylation is 1. The highest BCUT2D eigenvalue weighted by Crippen LogP contribution is 2.40. The lowest BCUT2D eigenvalue weighted by atomic mass is 10.0. The number of hydrogen-bond acceptors (Lipinski definition) is 5. The zero-order chi connectivity index (χ0) is 18.8. The summed E-state index contributed by atoms with van der Waals surface area (Å²) in [5.74, 6) is -1.36. The van der Waals surface area contributed by atoms with Crippen LogP contribution < -0.4 is 5.32 Å². The lowest BCUT2D eigenvalue weighted by Crippen LogP contribution is -2.13. The highest BCUT2D eigenvalue weighted by atomic mass is 79.9. The lowest BCUT2D eigenvalue weighted by Gasteiger charge is -2.07. The van der Waals surface area contributed by atoms with Crippen LogP contribution in [-0.2, 0) is 4.74 Å². The Kier molecular flexibility index (Phi) is 5.24. The summed E-state index contributed by atoms with van der Waals surface area (Å²) in [6, 6.07) is 8.88. The molecule has 3 rings (SSSR count). The Morgan fingerprint density at radius 2 is 1.88 bits per heavy atom. The van der Waals surface area contributed by atoms with Crippen LogP contribution in [0.2, 0.25) is 0 Å². The molecule has 3 aromatic rings. The molecule has 8 heteroatoms. The number of hydrogen-bond donors (Lipinski definition) is 1. The number of amides is 1. The van der Waals surface area contributed by atoms with E-state index in [1.165, 1.54) is 36.6 Å². The van der Waals surface area contributed by atoms with Crippen LogP contribution in [0.3, 0.4) is 0 Å². The van der Waals surface area contributed by atoms with E-state index in [1.54, 1.807) is 18.2 Å². The smallest absolute Gasteiger partial charge is 0.341 e. The van der Waals surface area contributed by atoms with Gasteiger partial charge in [0.1, 0.15) is 16.4 Å². The summed E-state index contributed by atoms with van der Waals surface area (Å²) in [7, 11) is 1.26. The van der Waals surface area contributed by atoms with Crippen LogP contribution in [0.15, 0.2) is 45.5 Å². The van der Waals surface area contributed by atoms with Gasteiger partial charge in [0.25, 0.3) is 5.91 Å². The molecule has 0 aliphatic rings. The van der Waals surface area contributed by atoms with E-state index >= 15 is 0 Å². The molecular formula is C18H13BrFNO4S. The van der Waals surface area contributed by atoms with Gasteiger partial charge in [-0.05, 0) is 52.7 Å². The Labute approximate surface area is 160 Å².